The number of nitrogens with zero attached hydrogens (tertiary/aromatic N) is 3. The van der Waals surface area contributed by atoms with Crippen LogP contribution in [0.2, 0.25) is 0 Å². The van der Waals surface area contributed by atoms with Crippen LogP contribution in [0.5, 0.6) is 0 Å². The summed E-state index contributed by atoms with van der Waals surface area (Å²) in [7, 11) is 0. The van der Waals surface area contributed by atoms with Gasteiger partial charge in [0.05, 0.1) is 14.7 Å². The minimum atomic E-state index is 0.165. The molecule has 3 aromatic rings. The molecule has 0 atom stereocenters. The molecular formula is C21H24BrN3OS. The first-order valence-electron chi connectivity index (χ1n) is 9.49. The van der Waals surface area contributed by atoms with Crippen LogP contribution < -0.4 is 0 Å². The number of hydrogen-bond acceptors (Lipinski definition) is 3. The largest absolute Gasteiger partial charge is 0.335 e. The van der Waals surface area contributed by atoms with E-state index in [9.17, 15) is 4.79 Å². The van der Waals surface area contributed by atoms with Gasteiger partial charge in [0.15, 0.2) is 0 Å². The molecule has 1 aliphatic rings. The molecule has 0 radical (unpaired) electrons. The minimum absolute atomic E-state index is 0.165. The number of thiophene rings is 1. The average Bonchev–Trinajstić information content (AvgIpc) is 3.23. The maximum Gasteiger partial charge on any atom is 0.270 e. The second-order valence-corrected chi connectivity index (χ2v) is 8.80. The minimum Gasteiger partial charge on any atom is -0.335 e. The van der Waals surface area contributed by atoms with Gasteiger partial charge in [-0.3, -0.25) is 9.69 Å². The van der Waals surface area contributed by atoms with E-state index in [1.54, 1.807) is 11.3 Å². The smallest absolute Gasteiger partial charge is 0.270 e. The van der Waals surface area contributed by atoms with E-state index in [0.717, 1.165) is 61.4 Å². The van der Waals surface area contributed by atoms with Gasteiger partial charge in [-0.25, -0.2) is 0 Å². The zero-order valence-electron chi connectivity index (χ0n) is 15.5. The normalized spacial score (nSPS) is 15.6. The fourth-order valence-electron chi connectivity index (χ4n) is 3.78. The summed E-state index contributed by atoms with van der Waals surface area (Å²) in [4.78, 5) is 17.7. The van der Waals surface area contributed by atoms with Crippen molar-refractivity contribution in [2.24, 2.45) is 0 Å². The van der Waals surface area contributed by atoms with Crippen molar-refractivity contribution in [2.45, 2.75) is 26.4 Å². The second-order valence-electron chi connectivity index (χ2n) is 7.03. The lowest BCUT2D eigenvalue weighted by Crippen LogP contribution is -2.48. The number of carbonyl (C=O) groups is 1. The summed E-state index contributed by atoms with van der Waals surface area (Å²) in [5.74, 6) is 0.165. The van der Waals surface area contributed by atoms with Crippen LogP contribution in [0.3, 0.4) is 0 Å². The molecule has 1 aliphatic heterocycles. The van der Waals surface area contributed by atoms with Crippen molar-refractivity contribution in [1.82, 2.24) is 14.4 Å². The van der Waals surface area contributed by atoms with E-state index in [1.165, 1.54) is 10.3 Å². The summed E-state index contributed by atoms with van der Waals surface area (Å²) in [6.07, 6.45) is 1.01. The number of carbonyl (C=O) groups excluding carboxylic acids is 1. The molecule has 0 N–H and O–H groups in total. The summed E-state index contributed by atoms with van der Waals surface area (Å²) in [6.45, 7) is 7.41. The molecule has 1 fully saturated rings. The molecule has 0 spiro atoms. The summed E-state index contributed by atoms with van der Waals surface area (Å²) < 4.78 is 4.46. The van der Waals surface area contributed by atoms with Crippen LogP contribution in [-0.2, 0) is 13.1 Å². The number of hydrogen-bond donors (Lipinski definition) is 0. The van der Waals surface area contributed by atoms with Gasteiger partial charge in [-0.1, -0.05) is 37.3 Å². The molecule has 142 valence electrons. The molecule has 1 saturated heterocycles. The number of halogens is 1. The van der Waals surface area contributed by atoms with Crippen LogP contribution in [0.15, 0.2) is 46.3 Å². The van der Waals surface area contributed by atoms with Gasteiger partial charge in [-0.2, -0.15) is 0 Å². The van der Waals surface area contributed by atoms with Crippen LogP contribution in [0, 0.1) is 0 Å². The van der Waals surface area contributed by atoms with Crippen LogP contribution >= 0.6 is 27.3 Å². The maximum absolute atomic E-state index is 13.2. The van der Waals surface area contributed by atoms with Crippen LogP contribution in [0.4, 0.5) is 0 Å². The topological polar surface area (TPSA) is 28.5 Å². The number of benzene rings is 1. The zero-order chi connectivity index (χ0) is 18.8. The highest BCUT2D eigenvalue weighted by molar-refractivity contribution is 9.10. The lowest BCUT2D eigenvalue weighted by molar-refractivity contribution is 0.0618. The maximum atomic E-state index is 13.2. The molecule has 0 unspecified atom stereocenters. The van der Waals surface area contributed by atoms with Gasteiger partial charge in [0.25, 0.3) is 5.91 Å². The molecule has 3 heterocycles. The first-order valence-corrected chi connectivity index (χ1v) is 11.2. The summed E-state index contributed by atoms with van der Waals surface area (Å²) in [6, 6.07) is 12.6. The van der Waals surface area contributed by atoms with Gasteiger partial charge < -0.3 is 9.47 Å². The molecular weight excluding hydrogens is 422 g/mol. The van der Waals surface area contributed by atoms with Crippen molar-refractivity contribution < 1.29 is 4.79 Å². The molecule has 27 heavy (non-hydrogen) atoms. The van der Waals surface area contributed by atoms with Crippen molar-refractivity contribution >= 4 is 43.4 Å². The highest BCUT2D eigenvalue weighted by Crippen LogP contribution is 2.34. The Morgan fingerprint density at radius 1 is 1.15 bits per heavy atom. The third kappa shape index (κ3) is 3.84. The standard InChI is InChI=1S/C21H24BrN3OS/c1-2-8-25-18(13-19-20(25)17(22)15-27-19)21(26)24-11-9-23(10-12-24)14-16-6-4-3-5-7-16/h3-7,13,15H,2,8-12,14H2,1H3. The molecule has 0 saturated carbocycles. The van der Waals surface area contributed by atoms with Gasteiger partial charge in [-0.15, -0.1) is 11.3 Å². The highest BCUT2D eigenvalue weighted by Gasteiger charge is 2.26. The van der Waals surface area contributed by atoms with Gasteiger partial charge in [0, 0.05) is 44.6 Å². The number of amides is 1. The van der Waals surface area contributed by atoms with Crippen molar-refractivity contribution in [2.75, 3.05) is 26.2 Å². The van der Waals surface area contributed by atoms with Gasteiger partial charge in [0.2, 0.25) is 0 Å². The first kappa shape index (κ1) is 18.7. The third-order valence-corrected chi connectivity index (χ3v) is 6.98. The van der Waals surface area contributed by atoms with Crippen molar-refractivity contribution in [3.8, 4) is 0 Å². The fourth-order valence-corrected chi connectivity index (χ4v) is 5.47. The molecule has 1 aromatic carbocycles. The van der Waals surface area contributed by atoms with Crippen molar-refractivity contribution in [1.29, 1.82) is 0 Å². The zero-order valence-corrected chi connectivity index (χ0v) is 17.9. The summed E-state index contributed by atoms with van der Waals surface area (Å²) in [5.41, 5.74) is 3.32. The monoisotopic (exact) mass is 445 g/mol. The van der Waals surface area contributed by atoms with Gasteiger partial charge in [-0.05, 0) is 34.0 Å². The fraction of sp³-hybridized carbons (Fsp3) is 0.381. The number of piperazine rings is 1. The molecule has 6 heteroatoms. The second kappa shape index (κ2) is 8.17. The lowest BCUT2D eigenvalue weighted by Gasteiger charge is -2.35. The molecule has 0 bridgehead atoms. The first-order chi connectivity index (χ1) is 13.2. The van der Waals surface area contributed by atoms with Gasteiger partial charge >= 0.3 is 0 Å². The van der Waals surface area contributed by atoms with E-state index in [2.05, 4.69) is 74.1 Å². The van der Waals surface area contributed by atoms with Crippen molar-refractivity contribution in [3.63, 3.8) is 0 Å². The predicted molar refractivity (Wildman–Crippen MR) is 115 cm³/mol. The number of aromatic nitrogens is 1. The quantitative estimate of drug-likeness (QED) is 0.562. The molecule has 0 aliphatic carbocycles. The van der Waals surface area contributed by atoms with Gasteiger partial charge in [0.1, 0.15) is 5.69 Å². The predicted octanol–water partition coefficient (Wildman–Crippen LogP) is 4.83. The molecule has 4 nitrogen and oxygen atoms in total. The highest BCUT2D eigenvalue weighted by atomic mass is 79.9. The Bertz CT molecular complexity index is 926. The number of rotatable bonds is 5. The SMILES string of the molecule is CCCn1c(C(=O)N2CCN(Cc3ccccc3)CC2)cc2scc(Br)c21. The average molecular weight is 446 g/mol. The van der Waals surface area contributed by atoms with E-state index >= 15 is 0 Å². The van der Waals surface area contributed by atoms with E-state index in [-0.39, 0.29) is 5.91 Å². The number of fused-ring (bicyclic) bond motifs is 1. The van der Waals surface area contributed by atoms with E-state index in [4.69, 9.17) is 0 Å². The van der Waals surface area contributed by atoms with E-state index < -0.39 is 0 Å². The van der Waals surface area contributed by atoms with Crippen LogP contribution in [0.25, 0.3) is 10.2 Å². The number of aryl methyl sites for hydroxylation is 1. The Morgan fingerprint density at radius 3 is 2.59 bits per heavy atom. The molecule has 1 amide bonds. The Hall–Kier alpha value is -1.63. The van der Waals surface area contributed by atoms with Crippen molar-refractivity contribution in [3.05, 3.63) is 57.5 Å². The van der Waals surface area contributed by atoms with E-state index in [1.807, 2.05) is 4.90 Å². The Labute approximate surface area is 172 Å². The van der Waals surface area contributed by atoms with Crippen LogP contribution in [-0.4, -0.2) is 46.5 Å². The summed E-state index contributed by atoms with van der Waals surface area (Å²) >= 11 is 5.34. The Kier molecular flexibility index (Phi) is 5.66. The lowest BCUT2D eigenvalue weighted by atomic mass is 10.2. The third-order valence-electron chi connectivity index (χ3n) is 5.15. The van der Waals surface area contributed by atoms with E-state index in [0.29, 0.717) is 0 Å². The summed E-state index contributed by atoms with van der Waals surface area (Å²) in [5, 5.41) is 2.10. The Balaban J connectivity index is 1.46. The van der Waals surface area contributed by atoms with Crippen LogP contribution in [0.1, 0.15) is 29.4 Å². The Morgan fingerprint density at radius 2 is 1.89 bits per heavy atom. The molecule has 2 aromatic heterocycles. The molecule has 4 rings (SSSR count).